The number of nitrogens with zero attached hydrogens (tertiary/aromatic N) is 1. The van der Waals surface area contributed by atoms with Crippen LogP contribution in [0.4, 0.5) is 0 Å². The van der Waals surface area contributed by atoms with E-state index in [0.29, 0.717) is 17.9 Å². The number of ether oxygens (including phenoxy) is 1. The molecule has 0 atom stereocenters. The summed E-state index contributed by atoms with van der Waals surface area (Å²) in [5, 5.41) is 0.889. The average molecular weight is 631 g/mol. The molecular formula is C24H27I2NO3. The number of halogens is 2. The Labute approximate surface area is 205 Å². The van der Waals surface area contributed by atoms with E-state index in [-0.39, 0.29) is 5.78 Å². The second-order valence-corrected chi connectivity index (χ2v) is 9.50. The standard InChI is InChI=1S/C24H27I2NO3/c1-4-7-11-21-22(17-10-8-9-12-20(17)30-21)23(28)16-13-18(25)24(19(26)14-16)29-15-27(5-2)6-3/h8-10,12-14H,4-7,11,15H2,1-3H3. The zero-order chi connectivity index (χ0) is 21.7. The molecule has 0 bridgehead atoms. The molecule has 3 aromatic rings. The summed E-state index contributed by atoms with van der Waals surface area (Å²) < 4.78 is 14.0. The van der Waals surface area contributed by atoms with Gasteiger partial charge in [0.25, 0.3) is 0 Å². The molecule has 0 saturated carbocycles. The Balaban J connectivity index is 1.96. The maximum Gasteiger partial charge on any atom is 0.197 e. The van der Waals surface area contributed by atoms with Crippen LogP contribution in [-0.2, 0) is 6.42 Å². The Bertz CT molecular complexity index is 1000. The van der Waals surface area contributed by atoms with Gasteiger partial charge in [-0.25, -0.2) is 0 Å². The molecule has 0 unspecified atom stereocenters. The van der Waals surface area contributed by atoms with E-state index in [0.717, 1.165) is 62.0 Å². The summed E-state index contributed by atoms with van der Waals surface area (Å²) in [6, 6.07) is 11.6. The van der Waals surface area contributed by atoms with Gasteiger partial charge in [0.1, 0.15) is 23.8 Å². The molecule has 160 valence electrons. The Morgan fingerprint density at radius 2 is 1.73 bits per heavy atom. The number of carbonyl (C=O) groups excluding carboxylic acids is 1. The first-order valence-corrected chi connectivity index (χ1v) is 12.5. The van der Waals surface area contributed by atoms with Crippen molar-refractivity contribution in [3.05, 3.63) is 60.4 Å². The van der Waals surface area contributed by atoms with Gasteiger partial charge in [-0.05, 0) is 82.9 Å². The van der Waals surface area contributed by atoms with Crippen molar-refractivity contribution in [2.45, 2.75) is 40.0 Å². The number of ketones is 1. The second-order valence-electron chi connectivity index (χ2n) is 7.17. The Morgan fingerprint density at radius 1 is 1.07 bits per heavy atom. The van der Waals surface area contributed by atoms with E-state index in [2.05, 4.69) is 70.9 Å². The first-order chi connectivity index (χ1) is 14.5. The minimum atomic E-state index is 0.0113. The highest BCUT2D eigenvalue weighted by molar-refractivity contribution is 14.1. The predicted octanol–water partition coefficient (Wildman–Crippen LogP) is 6.89. The molecule has 1 aromatic heterocycles. The number of furan rings is 1. The van der Waals surface area contributed by atoms with Crippen LogP contribution in [0.3, 0.4) is 0 Å². The molecule has 0 aliphatic heterocycles. The van der Waals surface area contributed by atoms with Crippen molar-refractivity contribution in [2.24, 2.45) is 0 Å². The van der Waals surface area contributed by atoms with Gasteiger partial charge in [-0.1, -0.05) is 45.4 Å². The van der Waals surface area contributed by atoms with Crippen LogP contribution in [-0.4, -0.2) is 30.5 Å². The van der Waals surface area contributed by atoms with E-state index in [1.807, 2.05) is 36.4 Å². The first kappa shape index (κ1) is 23.5. The van der Waals surface area contributed by atoms with Gasteiger partial charge in [-0.15, -0.1) is 0 Å². The molecular weight excluding hydrogens is 604 g/mol. The van der Waals surface area contributed by atoms with Gasteiger partial charge < -0.3 is 9.15 Å². The highest BCUT2D eigenvalue weighted by Gasteiger charge is 2.23. The number of aryl methyl sites for hydroxylation is 1. The fraction of sp³-hybridized carbons (Fsp3) is 0.375. The van der Waals surface area contributed by atoms with E-state index in [4.69, 9.17) is 9.15 Å². The molecule has 0 radical (unpaired) electrons. The molecule has 0 aliphatic rings. The molecule has 6 heteroatoms. The Morgan fingerprint density at radius 3 is 2.37 bits per heavy atom. The number of hydrogen-bond donors (Lipinski definition) is 0. The largest absolute Gasteiger partial charge is 0.476 e. The highest BCUT2D eigenvalue weighted by Crippen LogP contribution is 2.33. The predicted molar refractivity (Wildman–Crippen MR) is 139 cm³/mol. The zero-order valence-electron chi connectivity index (χ0n) is 17.6. The zero-order valence-corrected chi connectivity index (χ0v) is 21.9. The van der Waals surface area contributed by atoms with Crippen LogP contribution in [0.2, 0.25) is 0 Å². The van der Waals surface area contributed by atoms with Crippen LogP contribution in [0.25, 0.3) is 11.0 Å². The summed E-state index contributed by atoms with van der Waals surface area (Å²) >= 11 is 4.52. The smallest absolute Gasteiger partial charge is 0.197 e. The average Bonchev–Trinajstić information content (AvgIpc) is 3.12. The lowest BCUT2D eigenvalue weighted by atomic mass is 9.98. The van der Waals surface area contributed by atoms with Gasteiger partial charge in [0.15, 0.2) is 5.78 Å². The van der Waals surface area contributed by atoms with Crippen molar-refractivity contribution < 1.29 is 13.9 Å². The van der Waals surface area contributed by atoms with Gasteiger partial charge in [0, 0.05) is 17.4 Å². The first-order valence-electron chi connectivity index (χ1n) is 10.4. The van der Waals surface area contributed by atoms with Gasteiger partial charge in [-0.3, -0.25) is 9.69 Å². The summed E-state index contributed by atoms with van der Waals surface area (Å²) in [4.78, 5) is 15.8. The quantitative estimate of drug-likeness (QED) is 0.139. The lowest BCUT2D eigenvalue weighted by Gasteiger charge is -2.20. The summed E-state index contributed by atoms with van der Waals surface area (Å²) in [6.45, 7) is 8.81. The molecule has 2 aromatic carbocycles. The third-order valence-corrected chi connectivity index (χ3v) is 6.80. The highest BCUT2D eigenvalue weighted by atomic mass is 127. The fourth-order valence-corrected chi connectivity index (χ4v) is 5.47. The SMILES string of the molecule is CCCCc1oc2ccccc2c1C(=O)c1cc(I)c(OCN(CC)CC)c(I)c1. The van der Waals surface area contributed by atoms with Crippen LogP contribution < -0.4 is 4.74 Å². The minimum Gasteiger partial charge on any atom is -0.476 e. The summed E-state index contributed by atoms with van der Waals surface area (Å²) in [7, 11) is 0. The van der Waals surface area contributed by atoms with Gasteiger partial charge in [0.2, 0.25) is 0 Å². The van der Waals surface area contributed by atoms with Crippen molar-refractivity contribution >= 4 is 61.9 Å². The molecule has 4 nitrogen and oxygen atoms in total. The summed E-state index contributed by atoms with van der Waals surface area (Å²) in [5.41, 5.74) is 2.14. The molecule has 0 fully saturated rings. The molecule has 0 amide bonds. The molecule has 0 spiro atoms. The van der Waals surface area contributed by atoms with Gasteiger partial charge in [-0.2, -0.15) is 0 Å². The van der Waals surface area contributed by atoms with Crippen molar-refractivity contribution in [3.8, 4) is 5.75 Å². The summed E-state index contributed by atoms with van der Waals surface area (Å²) in [6.07, 6.45) is 2.82. The van der Waals surface area contributed by atoms with Crippen molar-refractivity contribution in [3.63, 3.8) is 0 Å². The van der Waals surface area contributed by atoms with Crippen molar-refractivity contribution in [1.29, 1.82) is 0 Å². The number of carbonyl (C=O) groups is 1. The lowest BCUT2D eigenvalue weighted by Crippen LogP contribution is -2.28. The van der Waals surface area contributed by atoms with Crippen LogP contribution >= 0.6 is 45.2 Å². The number of rotatable bonds is 10. The molecule has 1 heterocycles. The number of fused-ring (bicyclic) bond motifs is 1. The summed E-state index contributed by atoms with van der Waals surface area (Å²) in [5.74, 6) is 1.63. The second kappa shape index (κ2) is 10.9. The van der Waals surface area contributed by atoms with E-state index in [9.17, 15) is 4.79 Å². The molecule has 0 saturated heterocycles. The topological polar surface area (TPSA) is 42.7 Å². The lowest BCUT2D eigenvalue weighted by molar-refractivity contribution is 0.103. The molecule has 0 N–H and O–H groups in total. The van der Waals surface area contributed by atoms with E-state index >= 15 is 0 Å². The minimum absolute atomic E-state index is 0.0113. The Hall–Kier alpha value is -1.13. The van der Waals surface area contributed by atoms with Crippen molar-refractivity contribution in [1.82, 2.24) is 4.90 Å². The van der Waals surface area contributed by atoms with Gasteiger partial charge in [0.05, 0.1) is 12.7 Å². The number of hydrogen-bond acceptors (Lipinski definition) is 4. The van der Waals surface area contributed by atoms with Crippen LogP contribution in [0.1, 0.15) is 55.3 Å². The third-order valence-electron chi connectivity index (χ3n) is 5.20. The maximum atomic E-state index is 13.6. The van der Waals surface area contributed by atoms with Crippen LogP contribution in [0.5, 0.6) is 5.75 Å². The third kappa shape index (κ3) is 5.19. The van der Waals surface area contributed by atoms with Crippen molar-refractivity contribution in [2.75, 3.05) is 19.8 Å². The number of benzene rings is 2. The van der Waals surface area contributed by atoms with E-state index < -0.39 is 0 Å². The Kier molecular flexibility index (Phi) is 8.59. The van der Waals surface area contributed by atoms with E-state index in [1.165, 1.54) is 0 Å². The van der Waals surface area contributed by atoms with Gasteiger partial charge >= 0.3 is 0 Å². The van der Waals surface area contributed by atoms with E-state index in [1.54, 1.807) is 0 Å². The molecule has 30 heavy (non-hydrogen) atoms. The number of para-hydroxylation sites is 1. The fourth-order valence-electron chi connectivity index (χ4n) is 3.39. The molecule has 0 aliphatic carbocycles. The maximum absolute atomic E-state index is 13.6. The molecule has 3 rings (SSSR count). The van der Waals surface area contributed by atoms with Crippen LogP contribution in [0, 0.1) is 7.14 Å². The monoisotopic (exact) mass is 631 g/mol. The normalized spacial score (nSPS) is 11.4. The number of unbranched alkanes of at least 4 members (excludes halogenated alkanes) is 1. The van der Waals surface area contributed by atoms with Crippen LogP contribution in [0.15, 0.2) is 40.8 Å².